The molecule has 4 nitrogen and oxygen atoms in total. The van der Waals surface area contributed by atoms with Crippen molar-refractivity contribution in [3.8, 4) is 5.75 Å². The molecule has 0 saturated heterocycles. The van der Waals surface area contributed by atoms with E-state index in [2.05, 4.69) is 9.72 Å². The summed E-state index contributed by atoms with van der Waals surface area (Å²) in [4.78, 5) is 13.1. The number of halogens is 1. The van der Waals surface area contributed by atoms with Crippen molar-refractivity contribution in [3.63, 3.8) is 0 Å². The van der Waals surface area contributed by atoms with Crippen molar-refractivity contribution in [2.75, 3.05) is 0 Å². The molecule has 0 aliphatic carbocycles. The Labute approximate surface area is 61.3 Å². The van der Waals surface area contributed by atoms with E-state index in [4.69, 9.17) is 5.11 Å². The molecule has 0 amide bonds. The van der Waals surface area contributed by atoms with Gasteiger partial charge in [-0.3, -0.25) is 0 Å². The average Bonchev–Trinajstić information content (AvgIpc) is 1.85. The summed E-state index contributed by atoms with van der Waals surface area (Å²) >= 11 is 0. The summed E-state index contributed by atoms with van der Waals surface area (Å²) in [6.07, 6.45) is -0.358. The minimum atomic E-state index is -1.48. The molecule has 0 aromatic carbocycles. The van der Waals surface area contributed by atoms with Gasteiger partial charge in [0.2, 0.25) is 5.95 Å². The highest BCUT2D eigenvalue weighted by molar-refractivity contribution is 5.60. The van der Waals surface area contributed by atoms with Gasteiger partial charge in [-0.25, -0.2) is 9.78 Å². The van der Waals surface area contributed by atoms with E-state index in [1.165, 1.54) is 6.07 Å². The molecule has 58 valence electrons. The molecule has 0 aliphatic heterocycles. The molecule has 0 aliphatic rings. The zero-order valence-electron chi connectivity index (χ0n) is 5.32. The number of nitrogens with zero attached hydrogens (tertiary/aromatic N) is 1. The van der Waals surface area contributed by atoms with Crippen molar-refractivity contribution >= 4 is 6.16 Å². The Hall–Kier alpha value is -1.65. The number of pyridine rings is 1. The second-order valence-corrected chi connectivity index (χ2v) is 1.68. The lowest BCUT2D eigenvalue weighted by molar-refractivity contribution is 0.144. The zero-order valence-corrected chi connectivity index (χ0v) is 5.32. The minimum absolute atomic E-state index is 0.0787. The fraction of sp³-hybridized carbons (Fsp3) is 0. The first-order valence-electron chi connectivity index (χ1n) is 2.71. The van der Waals surface area contributed by atoms with Gasteiger partial charge < -0.3 is 9.84 Å². The van der Waals surface area contributed by atoms with Crippen LogP contribution in [0.1, 0.15) is 0 Å². The topological polar surface area (TPSA) is 59.4 Å². The Balaban J connectivity index is 2.79. The highest BCUT2D eigenvalue weighted by Gasteiger charge is 2.00. The Morgan fingerprint density at radius 2 is 2.45 bits per heavy atom. The number of hydrogen-bond acceptors (Lipinski definition) is 3. The van der Waals surface area contributed by atoms with E-state index >= 15 is 0 Å². The average molecular weight is 157 g/mol. The quantitative estimate of drug-likeness (QED) is 0.492. The molecule has 0 spiro atoms. The largest absolute Gasteiger partial charge is 0.511 e. The number of carboxylic acid groups (broad SMARTS) is 1. The van der Waals surface area contributed by atoms with E-state index in [9.17, 15) is 9.18 Å². The third-order valence-electron chi connectivity index (χ3n) is 0.903. The van der Waals surface area contributed by atoms with Gasteiger partial charge in [-0.1, -0.05) is 0 Å². The number of rotatable bonds is 1. The molecule has 0 fully saturated rings. The van der Waals surface area contributed by atoms with Crippen LogP contribution in [-0.4, -0.2) is 16.2 Å². The second-order valence-electron chi connectivity index (χ2n) is 1.68. The molecule has 11 heavy (non-hydrogen) atoms. The van der Waals surface area contributed by atoms with Crippen LogP contribution in [0, 0.1) is 5.95 Å². The lowest BCUT2D eigenvalue weighted by atomic mass is 10.4. The molecule has 0 radical (unpaired) electrons. The van der Waals surface area contributed by atoms with Crippen LogP contribution in [0.25, 0.3) is 0 Å². The smallest absolute Gasteiger partial charge is 0.449 e. The van der Waals surface area contributed by atoms with Gasteiger partial charge in [-0.2, -0.15) is 4.39 Å². The van der Waals surface area contributed by atoms with Crippen LogP contribution in [0.15, 0.2) is 18.3 Å². The molecule has 1 aromatic heterocycles. The summed E-state index contributed by atoms with van der Waals surface area (Å²) in [5, 5.41) is 8.09. The molecular formula is C6H4FNO3. The summed E-state index contributed by atoms with van der Waals surface area (Å²) in [7, 11) is 0. The van der Waals surface area contributed by atoms with Crippen LogP contribution in [0.2, 0.25) is 0 Å². The summed E-state index contributed by atoms with van der Waals surface area (Å²) in [6.45, 7) is 0. The van der Waals surface area contributed by atoms with Crippen molar-refractivity contribution < 1.29 is 19.0 Å². The van der Waals surface area contributed by atoms with Crippen LogP contribution in [0.5, 0.6) is 5.75 Å². The van der Waals surface area contributed by atoms with E-state index < -0.39 is 12.1 Å². The normalized spacial score (nSPS) is 9.18. The maximum atomic E-state index is 12.2. The van der Waals surface area contributed by atoms with E-state index in [0.717, 1.165) is 12.3 Å². The van der Waals surface area contributed by atoms with Crippen molar-refractivity contribution in [2.24, 2.45) is 0 Å². The van der Waals surface area contributed by atoms with Crippen molar-refractivity contribution in [1.29, 1.82) is 0 Å². The zero-order chi connectivity index (χ0) is 8.27. The molecule has 5 heteroatoms. The van der Waals surface area contributed by atoms with E-state index in [1.807, 2.05) is 0 Å². The predicted molar refractivity (Wildman–Crippen MR) is 32.8 cm³/mol. The maximum absolute atomic E-state index is 12.2. The van der Waals surface area contributed by atoms with Crippen LogP contribution >= 0.6 is 0 Å². The summed E-state index contributed by atoms with van der Waals surface area (Å²) < 4.78 is 16.4. The van der Waals surface area contributed by atoms with Gasteiger partial charge in [0.15, 0.2) is 0 Å². The maximum Gasteiger partial charge on any atom is 0.511 e. The SMILES string of the molecule is O=C(O)Oc1ccnc(F)c1. The minimum Gasteiger partial charge on any atom is -0.449 e. The Bertz CT molecular complexity index is 276. The molecule has 0 saturated carbocycles. The van der Waals surface area contributed by atoms with Gasteiger partial charge in [0.05, 0.1) is 0 Å². The van der Waals surface area contributed by atoms with E-state index in [-0.39, 0.29) is 5.75 Å². The van der Waals surface area contributed by atoms with Crippen LogP contribution in [0.4, 0.5) is 9.18 Å². The van der Waals surface area contributed by atoms with Gasteiger partial charge in [0, 0.05) is 12.3 Å². The summed E-state index contributed by atoms with van der Waals surface area (Å²) in [5.41, 5.74) is 0. The second kappa shape index (κ2) is 2.96. The lowest BCUT2D eigenvalue weighted by Crippen LogP contribution is -2.03. The highest BCUT2D eigenvalue weighted by Crippen LogP contribution is 2.09. The predicted octanol–water partition coefficient (Wildman–Crippen LogP) is 1.28. The van der Waals surface area contributed by atoms with E-state index in [1.54, 1.807) is 0 Å². The van der Waals surface area contributed by atoms with Crippen LogP contribution in [-0.2, 0) is 0 Å². The Morgan fingerprint density at radius 1 is 1.73 bits per heavy atom. The van der Waals surface area contributed by atoms with Crippen molar-refractivity contribution in [1.82, 2.24) is 4.98 Å². The standard InChI is InChI=1S/C6H4FNO3/c7-5-3-4(1-2-8-5)11-6(9)10/h1-3H,(H,9,10). The molecule has 1 heterocycles. The molecule has 1 aromatic rings. The first-order chi connectivity index (χ1) is 5.18. The monoisotopic (exact) mass is 157 g/mol. The molecule has 0 unspecified atom stereocenters. The number of aromatic nitrogens is 1. The first-order valence-corrected chi connectivity index (χ1v) is 2.71. The molecule has 1 rings (SSSR count). The fourth-order valence-electron chi connectivity index (χ4n) is 0.549. The lowest BCUT2D eigenvalue weighted by Gasteiger charge is -1.96. The molecule has 0 atom stereocenters. The molecule has 1 N–H and O–H groups in total. The highest BCUT2D eigenvalue weighted by atomic mass is 19.1. The van der Waals surface area contributed by atoms with Crippen molar-refractivity contribution in [3.05, 3.63) is 24.3 Å². The summed E-state index contributed by atoms with van der Waals surface area (Å²) in [5.74, 6) is -0.853. The van der Waals surface area contributed by atoms with Gasteiger partial charge in [-0.05, 0) is 6.07 Å². The molecular weight excluding hydrogens is 153 g/mol. The van der Waals surface area contributed by atoms with Crippen LogP contribution < -0.4 is 4.74 Å². The van der Waals surface area contributed by atoms with Gasteiger partial charge in [0.25, 0.3) is 0 Å². The number of ether oxygens (including phenoxy) is 1. The Kier molecular flexibility index (Phi) is 2.00. The van der Waals surface area contributed by atoms with Gasteiger partial charge >= 0.3 is 6.16 Å². The third kappa shape index (κ3) is 2.21. The first kappa shape index (κ1) is 7.46. The number of hydrogen-bond donors (Lipinski definition) is 1. The fourth-order valence-corrected chi connectivity index (χ4v) is 0.549. The third-order valence-corrected chi connectivity index (χ3v) is 0.903. The Morgan fingerprint density at radius 3 is 3.00 bits per heavy atom. The van der Waals surface area contributed by atoms with Gasteiger partial charge in [0.1, 0.15) is 5.75 Å². The summed E-state index contributed by atoms with van der Waals surface area (Å²) in [6, 6.07) is 2.13. The van der Waals surface area contributed by atoms with Crippen molar-refractivity contribution in [2.45, 2.75) is 0 Å². The molecule has 0 bridgehead atoms. The van der Waals surface area contributed by atoms with Gasteiger partial charge in [-0.15, -0.1) is 0 Å². The number of carbonyl (C=O) groups is 1. The van der Waals surface area contributed by atoms with E-state index in [0.29, 0.717) is 0 Å². The van der Waals surface area contributed by atoms with Crippen LogP contribution in [0.3, 0.4) is 0 Å².